The summed E-state index contributed by atoms with van der Waals surface area (Å²) in [7, 11) is 0. The highest BCUT2D eigenvalue weighted by Gasteiger charge is 2.22. The van der Waals surface area contributed by atoms with Crippen LogP contribution >= 0.6 is 0 Å². The van der Waals surface area contributed by atoms with Crippen LogP contribution in [0.5, 0.6) is 0 Å². The molecule has 134 valence electrons. The molecule has 0 aromatic heterocycles. The molecule has 0 saturated carbocycles. The molecule has 24 heavy (non-hydrogen) atoms. The highest BCUT2D eigenvalue weighted by atomic mass is 16.5. The maximum absolute atomic E-state index is 12.3. The van der Waals surface area contributed by atoms with Crippen molar-refractivity contribution in [2.75, 3.05) is 6.54 Å². The van der Waals surface area contributed by atoms with Crippen LogP contribution in [0.15, 0.2) is 30.3 Å². The minimum absolute atomic E-state index is 0.152. The second-order valence-corrected chi connectivity index (χ2v) is 6.86. The van der Waals surface area contributed by atoms with E-state index in [1.807, 2.05) is 44.2 Å². The topological polar surface area (TPSA) is 67.4 Å². The van der Waals surface area contributed by atoms with Crippen molar-refractivity contribution in [1.82, 2.24) is 10.6 Å². The molecule has 1 aromatic carbocycles. The molecule has 0 aliphatic carbocycles. The molecule has 0 spiro atoms. The molecule has 0 radical (unpaired) electrons. The van der Waals surface area contributed by atoms with Crippen LogP contribution in [0.1, 0.15) is 46.1 Å². The number of amides is 2. The van der Waals surface area contributed by atoms with Gasteiger partial charge in [0.15, 0.2) is 0 Å². The second-order valence-electron chi connectivity index (χ2n) is 6.86. The summed E-state index contributed by atoms with van der Waals surface area (Å²) >= 11 is 0. The number of rotatable bonds is 9. The predicted molar refractivity (Wildman–Crippen MR) is 95.5 cm³/mol. The number of hydrogen-bond donors (Lipinski definition) is 2. The second kappa shape index (κ2) is 10.7. The van der Waals surface area contributed by atoms with E-state index in [4.69, 9.17) is 4.74 Å². The molecule has 0 bridgehead atoms. The van der Waals surface area contributed by atoms with Gasteiger partial charge in [0, 0.05) is 6.54 Å². The third-order valence-electron chi connectivity index (χ3n) is 3.55. The molecule has 0 heterocycles. The summed E-state index contributed by atoms with van der Waals surface area (Å²) in [5.41, 5.74) is 0.912. The fraction of sp³-hybridized carbons (Fsp3) is 0.579. The molecule has 5 nitrogen and oxygen atoms in total. The van der Waals surface area contributed by atoms with Gasteiger partial charge in [0.25, 0.3) is 0 Å². The Labute approximate surface area is 145 Å². The molecule has 5 heteroatoms. The first-order valence-electron chi connectivity index (χ1n) is 8.63. The summed E-state index contributed by atoms with van der Waals surface area (Å²) in [5.74, 6) is 0.666. The van der Waals surface area contributed by atoms with Crippen molar-refractivity contribution in [2.24, 2.45) is 11.8 Å². The van der Waals surface area contributed by atoms with E-state index in [9.17, 15) is 9.59 Å². The molecule has 0 unspecified atom stereocenters. The Morgan fingerprint density at radius 3 is 2.29 bits per heavy atom. The van der Waals surface area contributed by atoms with Crippen LogP contribution in [0.2, 0.25) is 0 Å². The average Bonchev–Trinajstić information content (AvgIpc) is 2.52. The van der Waals surface area contributed by atoms with E-state index in [-0.39, 0.29) is 12.5 Å². The van der Waals surface area contributed by atoms with Gasteiger partial charge >= 0.3 is 6.09 Å². The smallest absolute Gasteiger partial charge is 0.408 e. The molecule has 0 aliphatic heterocycles. The highest BCUT2D eigenvalue weighted by Crippen LogP contribution is 2.07. The Balaban J connectivity index is 2.48. The van der Waals surface area contributed by atoms with E-state index in [0.29, 0.717) is 24.8 Å². The first kappa shape index (κ1) is 20.0. The number of carbonyl (C=O) groups excluding carboxylic acids is 2. The summed E-state index contributed by atoms with van der Waals surface area (Å²) in [6, 6.07) is 8.89. The van der Waals surface area contributed by atoms with Crippen molar-refractivity contribution in [1.29, 1.82) is 0 Å². The van der Waals surface area contributed by atoms with E-state index in [2.05, 4.69) is 24.5 Å². The standard InChI is InChI=1S/C19H30N2O3/c1-14(2)10-11-20-18(22)17(12-15(3)4)21-19(23)24-13-16-8-6-5-7-9-16/h5-9,14-15,17H,10-13H2,1-4H3,(H,20,22)(H,21,23)/t17-/m1/s1. The minimum Gasteiger partial charge on any atom is -0.445 e. The molecule has 1 atom stereocenters. The Morgan fingerprint density at radius 1 is 1.04 bits per heavy atom. The molecule has 1 aromatic rings. The Morgan fingerprint density at radius 2 is 1.71 bits per heavy atom. The fourth-order valence-corrected chi connectivity index (χ4v) is 2.22. The molecule has 1 rings (SSSR count). The van der Waals surface area contributed by atoms with Crippen LogP contribution in [-0.2, 0) is 16.1 Å². The van der Waals surface area contributed by atoms with Gasteiger partial charge in [0.2, 0.25) is 5.91 Å². The molecule has 0 saturated heterocycles. The van der Waals surface area contributed by atoms with Gasteiger partial charge in [-0.1, -0.05) is 58.0 Å². The summed E-state index contributed by atoms with van der Waals surface area (Å²) < 4.78 is 5.20. The van der Waals surface area contributed by atoms with Gasteiger partial charge in [-0.3, -0.25) is 4.79 Å². The van der Waals surface area contributed by atoms with Gasteiger partial charge in [0.1, 0.15) is 12.6 Å². The van der Waals surface area contributed by atoms with Gasteiger partial charge in [-0.25, -0.2) is 4.79 Å². The highest BCUT2D eigenvalue weighted by molar-refractivity contribution is 5.85. The molecular weight excluding hydrogens is 304 g/mol. The first-order chi connectivity index (χ1) is 11.4. The number of alkyl carbamates (subject to hydrolysis) is 1. The lowest BCUT2D eigenvalue weighted by molar-refractivity contribution is -0.123. The molecule has 2 N–H and O–H groups in total. The van der Waals surface area contributed by atoms with Gasteiger partial charge in [-0.15, -0.1) is 0 Å². The Hall–Kier alpha value is -2.04. The van der Waals surface area contributed by atoms with Crippen molar-refractivity contribution in [3.05, 3.63) is 35.9 Å². The van der Waals surface area contributed by atoms with Crippen molar-refractivity contribution in [2.45, 2.75) is 53.2 Å². The quantitative estimate of drug-likeness (QED) is 0.726. The summed E-state index contributed by atoms with van der Waals surface area (Å²) in [6.07, 6.45) is 0.926. The van der Waals surface area contributed by atoms with Gasteiger partial charge in [0.05, 0.1) is 0 Å². The third kappa shape index (κ3) is 8.56. The lowest BCUT2D eigenvalue weighted by Gasteiger charge is -2.20. The summed E-state index contributed by atoms with van der Waals surface area (Å²) in [6.45, 7) is 9.06. The molecule has 0 aliphatic rings. The summed E-state index contributed by atoms with van der Waals surface area (Å²) in [5, 5.41) is 5.57. The van der Waals surface area contributed by atoms with Crippen LogP contribution in [0.4, 0.5) is 4.79 Å². The van der Waals surface area contributed by atoms with Crippen molar-refractivity contribution in [3.8, 4) is 0 Å². The van der Waals surface area contributed by atoms with E-state index in [0.717, 1.165) is 12.0 Å². The van der Waals surface area contributed by atoms with E-state index < -0.39 is 12.1 Å². The van der Waals surface area contributed by atoms with Crippen molar-refractivity contribution >= 4 is 12.0 Å². The zero-order valence-electron chi connectivity index (χ0n) is 15.2. The van der Waals surface area contributed by atoms with Gasteiger partial charge in [-0.05, 0) is 30.2 Å². The first-order valence-corrected chi connectivity index (χ1v) is 8.63. The van der Waals surface area contributed by atoms with Crippen LogP contribution in [0.3, 0.4) is 0 Å². The van der Waals surface area contributed by atoms with E-state index in [1.165, 1.54) is 0 Å². The Kier molecular flexibility index (Phi) is 8.90. The van der Waals surface area contributed by atoms with Crippen LogP contribution in [0, 0.1) is 11.8 Å². The lowest BCUT2D eigenvalue weighted by atomic mass is 10.0. The summed E-state index contributed by atoms with van der Waals surface area (Å²) in [4.78, 5) is 24.3. The van der Waals surface area contributed by atoms with Crippen LogP contribution in [0.25, 0.3) is 0 Å². The van der Waals surface area contributed by atoms with Crippen LogP contribution in [-0.4, -0.2) is 24.6 Å². The number of ether oxygens (including phenoxy) is 1. The SMILES string of the molecule is CC(C)CCNC(=O)[C@@H](CC(C)C)NC(=O)OCc1ccccc1. The Bertz CT molecular complexity index is 501. The van der Waals surface area contributed by atoms with Crippen LogP contribution < -0.4 is 10.6 Å². The number of benzene rings is 1. The third-order valence-corrected chi connectivity index (χ3v) is 3.55. The average molecular weight is 334 g/mol. The molecule has 0 fully saturated rings. The van der Waals surface area contributed by atoms with E-state index in [1.54, 1.807) is 0 Å². The zero-order chi connectivity index (χ0) is 17.9. The maximum Gasteiger partial charge on any atom is 0.408 e. The lowest BCUT2D eigenvalue weighted by Crippen LogP contribution is -2.47. The number of carbonyl (C=O) groups is 2. The largest absolute Gasteiger partial charge is 0.445 e. The minimum atomic E-state index is -0.569. The monoisotopic (exact) mass is 334 g/mol. The molecular formula is C19H30N2O3. The predicted octanol–water partition coefficient (Wildman–Crippen LogP) is 3.49. The van der Waals surface area contributed by atoms with E-state index >= 15 is 0 Å². The number of nitrogens with one attached hydrogen (secondary N) is 2. The maximum atomic E-state index is 12.3. The van der Waals surface area contributed by atoms with Crippen molar-refractivity contribution in [3.63, 3.8) is 0 Å². The van der Waals surface area contributed by atoms with Crippen molar-refractivity contribution < 1.29 is 14.3 Å². The number of hydrogen-bond acceptors (Lipinski definition) is 3. The molecule has 2 amide bonds. The van der Waals surface area contributed by atoms with Gasteiger partial charge < -0.3 is 15.4 Å². The fourth-order valence-electron chi connectivity index (χ4n) is 2.22. The zero-order valence-corrected chi connectivity index (χ0v) is 15.2. The normalized spacial score (nSPS) is 12.1. The van der Waals surface area contributed by atoms with Gasteiger partial charge in [-0.2, -0.15) is 0 Å².